The maximum absolute atomic E-state index is 12.9. The summed E-state index contributed by atoms with van der Waals surface area (Å²) in [5, 5.41) is 14.0. The summed E-state index contributed by atoms with van der Waals surface area (Å²) in [6.45, 7) is 1.99. The van der Waals surface area contributed by atoms with Crippen LogP contribution in [-0.4, -0.2) is 15.2 Å². The Morgan fingerprint density at radius 1 is 1.05 bits per heavy atom. The number of aliphatic hydroxyl groups is 1. The minimum absolute atomic E-state index is 0.0807. The second-order valence-electron chi connectivity index (χ2n) is 4.78. The van der Waals surface area contributed by atoms with E-state index in [1.807, 2.05) is 31.2 Å². The summed E-state index contributed by atoms with van der Waals surface area (Å²) in [5.74, 6) is 0.125. The Kier molecular flexibility index (Phi) is 3.50. The topological polar surface area (TPSA) is 59.2 Å². The minimum atomic E-state index is -1.07. The van der Waals surface area contributed by atoms with Crippen molar-refractivity contribution in [1.82, 2.24) is 10.1 Å². The number of rotatable bonds is 3. The zero-order chi connectivity index (χ0) is 14.8. The van der Waals surface area contributed by atoms with E-state index in [0.717, 1.165) is 11.1 Å². The van der Waals surface area contributed by atoms with E-state index in [2.05, 4.69) is 10.1 Å². The Labute approximate surface area is 120 Å². The van der Waals surface area contributed by atoms with Crippen LogP contribution in [0.4, 0.5) is 4.39 Å². The third-order valence-electron chi connectivity index (χ3n) is 3.17. The summed E-state index contributed by atoms with van der Waals surface area (Å²) in [6, 6.07) is 13.2. The molecule has 0 aliphatic heterocycles. The highest BCUT2D eigenvalue weighted by molar-refractivity contribution is 5.54. The molecule has 0 spiro atoms. The molecule has 0 radical (unpaired) electrons. The molecule has 1 aromatic heterocycles. The molecular weight excluding hydrogens is 271 g/mol. The van der Waals surface area contributed by atoms with Gasteiger partial charge in [-0.2, -0.15) is 4.98 Å². The highest BCUT2D eigenvalue weighted by atomic mass is 19.1. The van der Waals surface area contributed by atoms with E-state index in [-0.39, 0.29) is 11.7 Å². The summed E-state index contributed by atoms with van der Waals surface area (Å²) in [6.07, 6.45) is -1.07. The molecule has 1 N–H and O–H groups in total. The van der Waals surface area contributed by atoms with Gasteiger partial charge < -0.3 is 9.63 Å². The summed E-state index contributed by atoms with van der Waals surface area (Å²) in [4.78, 5) is 4.19. The van der Waals surface area contributed by atoms with Crippen LogP contribution in [0.2, 0.25) is 0 Å². The molecule has 2 aromatic carbocycles. The molecule has 4 nitrogen and oxygen atoms in total. The number of aliphatic hydroxyl groups excluding tert-OH is 1. The first-order valence-electron chi connectivity index (χ1n) is 6.47. The van der Waals surface area contributed by atoms with Crippen molar-refractivity contribution < 1.29 is 14.0 Å². The summed E-state index contributed by atoms with van der Waals surface area (Å²) >= 11 is 0. The Morgan fingerprint density at radius 3 is 2.38 bits per heavy atom. The lowest BCUT2D eigenvalue weighted by molar-refractivity contribution is 0.170. The van der Waals surface area contributed by atoms with Crippen molar-refractivity contribution in [2.24, 2.45) is 0 Å². The maximum atomic E-state index is 12.9. The fourth-order valence-corrected chi connectivity index (χ4v) is 1.95. The zero-order valence-corrected chi connectivity index (χ0v) is 11.3. The summed E-state index contributed by atoms with van der Waals surface area (Å²) < 4.78 is 18.0. The molecule has 0 amide bonds. The number of benzene rings is 2. The van der Waals surface area contributed by atoms with E-state index < -0.39 is 6.10 Å². The molecule has 0 saturated heterocycles. The first kappa shape index (κ1) is 13.5. The lowest BCUT2D eigenvalue weighted by Gasteiger charge is -2.05. The largest absolute Gasteiger partial charge is 0.378 e. The Bertz CT molecular complexity index is 736. The zero-order valence-electron chi connectivity index (χ0n) is 11.3. The van der Waals surface area contributed by atoms with Gasteiger partial charge in [-0.1, -0.05) is 47.1 Å². The summed E-state index contributed by atoms with van der Waals surface area (Å²) in [7, 11) is 0. The smallest absolute Gasteiger partial charge is 0.260 e. The van der Waals surface area contributed by atoms with E-state index in [1.165, 1.54) is 24.3 Å². The molecule has 0 saturated carbocycles. The van der Waals surface area contributed by atoms with E-state index in [1.54, 1.807) is 0 Å². The Morgan fingerprint density at radius 2 is 1.71 bits per heavy atom. The third-order valence-corrected chi connectivity index (χ3v) is 3.17. The molecule has 0 fully saturated rings. The first-order valence-corrected chi connectivity index (χ1v) is 6.47. The molecular formula is C16H13FN2O2. The number of aromatic nitrogens is 2. The highest BCUT2D eigenvalue weighted by Gasteiger charge is 2.18. The van der Waals surface area contributed by atoms with Gasteiger partial charge in [-0.3, -0.25) is 0 Å². The number of halogens is 1. The molecule has 0 bridgehead atoms. The number of hydrogen-bond donors (Lipinski definition) is 1. The van der Waals surface area contributed by atoms with Gasteiger partial charge in [-0.25, -0.2) is 4.39 Å². The molecule has 0 unspecified atom stereocenters. The van der Waals surface area contributed by atoms with Gasteiger partial charge in [0.25, 0.3) is 5.89 Å². The fourth-order valence-electron chi connectivity index (χ4n) is 1.95. The standard InChI is InChI=1S/C16H13FN2O2/c1-10-2-4-12(5-3-10)15-18-16(21-19-15)14(20)11-6-8-13(17)9-7-11/h2-9,14,20H,1H3/t14-/m1/s1. The van der Waals surface area contributed by atoms with Crippen molar-refractivity contribution in [3.05, 3.63) is 71.4 Å². The highest BCUT2D eigenvalue weighted by Crippen LogP contribution is 2.23. The summed E-state index contributed by atoms with van der Waals surface area (Å²) in [5.41, 5.74) is 2.44. The van der Waals surface area contributed by atoms with E-state index in [9.17, 15) is 9.50 Å². The lowest BCUT2D eigenvalue weighted by Crippen LogP contribution is -2.00. The monoisotopic (exact) mass is 284 g/mol. The molecule has 1 atom stereocenters. The van der Waals surface area contributed by atoms with Crippen molar-refractivity contribution in [2.75, 3.05) is 0 Å². The fraction of sp³-hybridized carbons (Fsp3) is 0.125. The van der Waals surface area contributed by atoms with Crippen LogP contribution in [0.5, 0.6) is 0 Å². The SMILES string of the molecule is Cc1ccc(-c2noc([C@H](O)c3ccc(F)cc3)n2)cc1. The molecule has 0 aliphatic carbocycles. The van der Waals surface area contributed by atoms with Gasteiger partial charge in [-0.05, 0) is 24.6 Å². The van der Waals surface area contributed by atoms with Gasteiger partial charge in [0.1, 0.15) is 5.82 Å². The van der Waals surface area contributed by atoms with Gasteiger partial charge in [0.2, 0.25) is 5.82 Å². The van der Waals surface area contributed by atoms with Crippen molar-refractivity contribution in [3.8, 4) is 11.4 Å². The van der Waals surface area contributed by atoms with Crippen LogP contribution in [0.1, 0.15) is 23.1 Å². The predicted octanol–water partition coefficient (Wildman–Crippen LogP) is 3.27. The van der Waals surface area contributed by atoms with E-state index in [0.29, 0.717) is 11.4 Å². The van der Waals surface area contributed by atoms with Gasteiger partial charge in [0.05, 0.1) is 0 Å². The van der Waals surface area contributed by atoms with Crippen LogP contribution >= 0.6 is 0 Å². The average Bonchev–Trinajstić information content (AvgIpc) is 2.98. The van der Waals surface area contributed by atoms with Crippen molar-refractivity contribution in [1.29, 1.82) is 0 Å². The second-order valence-corrected chi connectivity index (χ2v) is 4.78. The Hall–Kier alpha value is -2.53. The van der Waals surface area contributed by atoms with Gasteiger partial charge in [0, 0.05) is 5.56 Å². The Balaban J connectivity index is 1.87. The van der Waals surface area contributed by atoms with Crippen LogP contribution < -0.4 is 0 Å². The number of aryl methyl sites for hydroxylation is 1. The lowest BCUT2D eigenvalue weighted by atomic mass is 10.1. The van der Waals surface area contributed by atoms with Crippen LogP contribution in [0.25, 0.3) is 11.4 Å². The van der Waals surface area contributed by atoms with Crippen LogP contribution in [0, 0.1) is 12.7 Å². The molecule has 3 rings (SSSR count). The first-order chi connectivity index (χ1) is 10.1. The van der Waals surface area contributed by atoms with Crippen molar-refractivity contribution in [2.45, 2.75) is 13.0 Å². The van der Waals surface area contributed by atoms with E-state index in [4.69, 9.17) is 4.52 Å². The maximum Gasteiger partial charge on any atom is 0.260 e. The molecule has 106 valence electrons. The quantitative estimate of drug-likeness (QED) is 0.802. The van der Waals surface area contributed by atoms with E-state index >= 15 is 0 Å². The predicted molar refractivity (Wildman–Crippen MR) is 74.9 cm³/mol. The molecule has 21 heavy (non-hydrogen) atoms. The molecule has 5 heteroatoms. The van der Waals surface area contributed by atoms with Gasteiger partial charge >= 0.3 is 0 Å². The van der Waals surface area contributed by atoms with Crippen molar-refractivity contribution in [3.63, 3.8) is 0 Å². The van der Waals surface area contributed by atoms with Gasteiger partial charge in [0.15, 0.2) is 6.10 Å². The number of nitrogens with zero attached hydrogens (tertiary/aromatic N) is 2. The molecule has 3 aromatic rings. The normalized spacial score (nSPS) is 12.3. The van der Waals surface area contributed by atoms with Crippen LogP contribution in [0.3, 0.4) is 0 Å². The second kappa shape index (κ2) is 5.46. The molecule has 0 aliphatic rings. The van der Waals surface area contributed by atoms with Crippen molar-refractivity contribution >= 4 is 0 Å². The minimum Gasteiger partial charge on any atom is -0.378 e. The third kappa shape index (κ3) is 2.83. The van der Waals surface area contributed by atoms with Crippen LogP contribution in [-0.2, 0) is 0 Å². The van der Waals surface area contributed by atoms with Gasteiger partial charge in [-0.15, -0.1) is 0 Å². The number of hydrogen-bond acceptors (Lipinski definition) is 4. The average molecular weight is 284 g/mol. The van der Waals surface area contributed by atoms with Crippen LogP contribution in [0.15, 0.2) is 53.1 Å². The molecule has 1 heterocycles.